The van der Waals surface area contributed by atoms with Crippen molar-refractivity contribution < 1.29 is 19.7 Å². The minimum absolute atomic E-state index is 0.496. The summed E-state index contributed by atoms with van der Waals surface area (Å²) in [5.74, 6) is 0. The molecule has 5 nitrogen and oxygen atoms in total. The molecule has 0 bridgehead atoms. The monoisotopic (exact) mass is 217 g/mol. The maximum atomic E-state index is 11.6. The Hall–Kier alpha value is -0.810. The second-order valence-electron chi connectivity index (χ2n) is 5.11. The Morgan fingerprint density at radius 1 is 1.47 bits per heavy atom. The van der Waals surface area contributed by atoms with E-state index in [-0.39, 0.29) is 0 Å². The molecule has 88 valence electrons. The van der Waals surface area contributed by atoms with Gasteiger partial charge in [-0.2, -0.15) is 0 Å². The van der Waals surface area contributed by atoms with Crippen molar-refractivity contribution in [1.82, 2.24) is 4.90 Å². The summed E-state index contributed by atoms with van der Waals surface area (Å²) in [4.78, 5) is 13.0. The second kappa shape index (κ2) is 3.64. The summed E-state index contributed by atoms with van der Waals surface area (Å²) in [6.45, 7) is 7.46. The number of likely N-dealkylation sites (tertiary alicyclic amines) is 1. The standard InChI is InChI=1S/C10H19NO4/c1-9(2,3)15-8(14)11-6-5-10(11,4)7(12)13/h7,12-13H,5-6H2,1-4H3/t10-/m1/s1. The first-order valence-corrected chi connectivity index (χ1v) is 5.03. The van der Waals surface area contributed by atoms with Crippen LogP contribution in [0, 0.1) is 0 Å². The third-order valence-corrected chi connectivity index (χ3v) is 2.63. The number of aliphatic hydroxyl groups is 2. The zero-order valence-corrected chi connectivity index (χ0v) is 9.65. The highest BCUT2D eigenvalue weighted by molar-refractivity contribution is 5.70. The Morgan fingerprint density at radius 3 is 2.27 bits per heavy atom. The van der Waals surface area contributed by atoms with Crippen molar-refractivity contribution in [1.29, 1.82) is 0 Å². The van der Waals surface area contributed by atoms with Crippen LogP contribution in [0.25, 0.3) is 0 Å². The molecule has 0 aromatic carbocycles. The lowest BCUT2D eigenvalue weighted by molar-refractivity contribution is -0.179. The molecule has 15 heavy (non-hydrogen) atoms. The van der Waals surface area contributed by atoms with Crippen molar-refractivity contribution in [2.45, 2.75) is 51.5 Å². The highest BCUT2D eigenvalue weighted by Crippen LogP contribution is 2.33. The molecule has 0 aliphatic carbocycles. The first-order valence-electron chi connectivity index (χ1n) is 5.03. The Bertz CT molecular complexity index is 259. The van der Waals surface area contributed by atoms with Crippen molar-refractivity contribution in [2.24, 2.45) is 0 Å². The lowest BCUT2D eigenvalue weighted by Gasteiger charge is -2.50. The lowest BCUT2D eigenvalue weighted by Crippen LogP contribution is -2.66. The average molecular weight is 217 g/mol. The van der Waals surface area contributed by atoms with Crippen LogP contribution >= 0.6 is 0 Å². The van der Waals surface area contributed by atoms with Crippen molar-refractivity contribution in [3.63, 3.8) is 0 Å². The number of carbonyl (C=O) groups is 1. The third kappa shape index (κ3) is 2.41. The molecule has 1 rings (SSSR count). The first-order chi connectivity index (χ1) is 6.67. The van der Waals surface area contributed by atoms with Crippen LogP contribution < -0.4 is 0 Å². The van der Waals surface area contributed by atoms with Crippen LogP contribution in [-0.4, -0.2) is 45.2 Å². The van der Waals surface area contributed by atoms with Gasteiger partial charge in [0.05, 0.1) is 5.54 Å². The molecule has 0 aromatic heterocycles. The molecule has 0 radical (unpaired) electrons. The van der Waals surface area contributed by atoms with Gasteiger partial charge in [0.15, 0.2) is 6.29 Å². The van der Waals surface area contributed by atoms with Gasteiger partial charge in [-0.15, -0.1) is 0 Å². The normalized spacial score (nSPS) is 26.5. The molecule has 1 saturated heterocycles. The summed E-state index contributed by atoms with van der Waals surface area (Å²) in [6.07, 6.45) is -1.45. The van der Waals surface area contributed by atoms with Gasteiger partial charge in [-0.3, -0.25) is 4.90 Å². The molecule has 0 spiro atoms. The third-order valence-electron chi connectivity index (χ3n) is 2.63. The molecule has 5 heteroatoms. The Balaban J connectivity index is 2.63. The topological polar surface area (TPSA) is 70.0 Å². The average Bonchev–Trinajstić information content (AvgIpc) is 1.96. The summed E-state index contributed by atoms with van der Waals surface area (Å²) >= 11 is 0. The first kappa shape index (κ1) is 12.3. The van der Waals surface area contributed by atoms with Crippen LogP contribution in [0.2, 0.25) is 0 Å². The van der Waals surface area contributed by atoms with Crippen LogP contribution in [0.15, 0.2) is 0 Å². The van der Waals surface area contributed by atoms with Crippen LogP contribution in [0.4, 0.5) is 4.79 Å². The van der Waals surface area contributed by atoms with Crippen molar-refractivity contribution in [2.75, 3.05) is 6.54 Å². The van der Waals surface area contributed by atoms with Gasteiger partial charge in [0.2, 0.25) is 0 Å². The maximum absolute atomic E-state index is 11.6. The van der Waals surface area contributed by atoms with Gasteiger partial charge in [0.25, 0.3) is 0 Å². The SMILES string of the molecule is CC(C)(C)OC(=O)N1CC[C@]1(C)C(O)O. The number of rotatable bonds is 1. The van der Waals surface area contributed by atoms with Gasteiger partial charge >= 0.3 is 6.09 Å². The van der Waals surface area contributed by atoms with E-state index in [0.29, 0.717) is 13.0 Å². The number of nitrogens with zero attached hydrogens (tertiary/aromatic N) is 1. The number of hydrogen-bond acceptors (Lipinski definition) is 4. The van der Waals surface area contributed by atoms with Crippen molar-refractivity contribution in [3.05, 3.63) is 0 Å². The number of hydrogen-bond donors (Lipinski definition) is 2. The summed E-state index contributed by atoms with van der Waals surface area (Å²) in [5, 5.41) is 18.3. The summed E-state index contributed by atoms with van der Waals surface area (Å²) < 4.78 is 5.15. The van der Waals surface area contributed by atoms with Crippen LogP contribution in [-0.2, 0) is 4.74 Å². The quantitative estimate of drug-likeness (QED) is 0.634. The van der Waals surface area contributed by atoms with E-state index in [9.17, 15) is 4.79 Å². The molecule has 2 N–H and O–H groups in total. The predicted octanol–water partition coefficient (Wildman–Crippen LogP) is 0.697. The number of amides is 1. The van der Waals surface area contributed by atoms with Crippen molar-refractivity contribution >= 4 is 6.09 Å². The van der Waals surface area contributed by atoms with Crippen LogP contribution in [0.3, 0.4) is 0 Å². The summed E-state index contributed by atoms with van der Waals surface area (Å²) in [5.41, 5.74) is -1.46. The summed E-state index contributed by atoms with van der Waals surface area (Å²) in [7, 11) is 0. The number of aliphatic hydroxyl groups excluding tert-OH is 1. The second-order valence-corrected chi connectivity index (χ2v) is 5.11. The molecular formula is C10H19NO4. The molecule has 1 aliphatic heterocycles. The van der Waals surface area contributed by atoms with E-state index < -0.39 is 23.5 Å². The highest BCUT2D eigenvalue weighted by Gasteiger charge is 2.49. The predicted molar refractivity (Wildman–Crippen MR) is 54.2 cm³/mol. The zero-order chi connectivity index (χ0) is 11.9. The lowest BCUT2D eigenvalue weighted by atomic mass is 9.86. The maximum Gasteiger partial charge on any atom is 0.410 e. The molecule has 1 amide bonds. The fourth-order valence-electron chi connectivity index (χ4n) is 1.46. The van der Waals surface area contributed by atoms with E-state index >= 15 is 0 Å². The summed E-state index contributed by atoms with van der Waals surface area (Å²) in [6, 6.07) is 0. The smallest absolute Gasteiger partial charge is 0.410 e. The molecule has 1 heterocycles. The van der Waals surface area contributed by atoms with Crippen molar-refractivity contribution in [3.8, 4) is 0 Å². The minimum atomic E-state index is -1.53. The van der Waals surface area contributed by atoms with E-state index in [1.807, 2.05) is 0 Å². The largest absolute Gasteiger partial charge is 0.444 e. The number of carbonyl (C=O) groups excluding carboxylic acids is 1. The van der Waals surface area contributed by atoms with Gasteiger partial charge in [0, 0.05) is 6.54 Å². The molecule has 1 fully saturated rings. The minimum Gasteiger partial charge on any atom is -0.444 e. The van der Waals surface area contributed by atoms with Crippen LogP contribution in [0.1, 0.15) is 34.1 Å². The zero-order valence-electron chi connectivity index (χ0n) is 9.65. The van der Waals surface area contributed by atoms with E-state index in [0.717, 1.165) is 0 Å². The highest BCUT2D eigenvalue weighted by atomic mass is 16.6. The van der Waals surface area contributed by atoms with Gasteiger partial charge in [0.1, 0.15) is 5.60 Å². The Labute approximate surface area is 89.6 Å². The Morgan fingerprint density at radius 2 is 2.00 bits per heavy atom. The molecule has 0 aromatic rings. The fraction of sp³-hybridized carbons (Fsp3) is 0.900. The number of ether oxygens (including phenoxy) is 1. The van der Waals surface area contributed by atoms with Gasteiger partial charge in [-0.05, 0) is 34.1 Å². The van der Waals surface area contributed by atoms with Gasteiger partial charge in [-0.1, -0.05) is 0 Å². The molecule has 0 unspecified atom stereocenters. The van der Waals surface area contributed by atoms with Gasteiger partial charge < -0.3 is 14.9 Å². The van der Waals surface area contributed by atoms with E-state index in [4.69, 9.17) is 14.9 Å². The molecule has 0 saturated carbocycles. The molecule has 1 aliphatic rings. The van der Waals surface area contributed by atoms with E-state index in [2.05, 4.69) is 0 Å². The van der Waals surface area contributed by atoms with E-state index in [1.54, 1.807) is 27.7 Å². The van der Waals surface area contributed by atoms with Gasteiger partial charge in [-0.25, -0.2) is 4.79 Å². The fourth-order valence-corrected chi connectivity index (χ4v) is 1.46. The van der Waals surface area contributed by atoms with E-state index in [1.165, 1.54) is 4.90 Å². The Kier molecular flexibility index (Phi) is 2.98. The van der Waals surface area contributed by atoms with Crippen LogP contribution in [0.5, 0.6) is 0 Å². The molecule has 1 atom stereocenters. The molecular weight excluding hydrogens is 198 g/mol.